The first-order valence-corrected chi connectivity index (χ1v) is 10.8. The maximum Gasteiger partial charge on any atom is 0.279 e. The predicted molar refractivity (Wildman–Crippen MR) is 129 cm³/mol. The van der Waals surface area contributed by atoms with Crippen LogP contribution in [0.1, 0.15) is 21.5 Å². The number of para-hydroxylation sites is 1. The monoisotopic (exact) mass is 479 g/mol. The molecule has 1 heterocycles. The molecule has 0 atom stereocenters. The van der Waals surface area contributed by atoms with Gasteiger partial charge in [-0.15, -0.1) is 0 Å². The summed E-state index contributed by atoms with van der Waals surface area (Å²) in [6.45, 7) is 1.93. The Balaban J connectivity index is 1.55. The highest BCUT2D eigenvalue weighted by Gasteiger charge is 2.38. The number of carbonyl (C=O) groups is 3. The average Bonchev–Trinajstić information content (AvgIpc) is 3.01. The van der Waals surface area contributed by atoms with E-state index in [-0.39, 0.29) is 23.2 Å². The third kappa shape index (κ3) is 4.77. The van der Waals surface area contributed by atoms with Crippen LogP contribution >= 0.6 is 23.2 Å². The number of amides is 3. The van der Waals surface area contributed by atoms with Crippen molar-refractivity contribution in [2.24, 2.45) is 0 Å². The van der Waals surface area contributed by atoms with Crippen molar-refractivity contribution in [2.75, 3.05) is 10.6 Å². The maximum atomic E-state index is 13.0. The summed E-state index contributed by atoms with van der Waals surface area (Å²) in [6, 6.07) is 21.1. The van der Waals surface area contributed by atoms with Gasteiger partial charge in [0.2, 0.25) is 0 Å². The van der Waals surface area contributed by atoms with E-state index in [1.54, 1.807) is 42.5 Å². The van der Waals surface area contributed by atoms with Crippen LogP contribution in [0.3, 0.4) is 0 Å². The molecule has 3 aromatic carbocycles. The molecular formula is C25H19Cl2N3O3. The first kappa shape index (κ1) is 22.6. The lowest BCUT2D eigenvalue weighted by Crippen LogP contribution is -2.31. The maximum absolute atomic E-state index is 13.0. The third-order valence-electron chi connectivity index (χ3n) is 5.18. The summed E-state index contributed by atoms with van der Waals surface area (Å²) in [7, 11) is 0. The molecule has 0 saturated heterocycles. The lowest BCUT2D eigenvalue weighted by molar-refractivity contribution is -0.138. The van der Waals surface area contributed by atoms with Crippen LogP contribution in [0.5, 0.6) is 0 Å². The van der Waals surface area contributed by atoms with Crippen molar-refractivity contribution in [3.63, 3.8) is 0 Å². The Morgan fingerprint density at radius 3 is 2.30 bits per heavy atom. The van der Waals surface area contributed by atoms with Crippen molar-refractivity contribution in [2.45, 2.75) is 13.5 Å². The summed E-state index contributed by atoms with van der Waals surface area (Å²) in [5, 5.41) is 5.94. The Bertz CT molecular complexity index is 1290. The van der Waals surface area contributed by atoms with E-state index in [2.05, 4.69) is 10.6 Å². The van der Waals surface area contributed by atoms with E-state index in [1.165, 1.54) is 0 Å². The van der Waals surface area contributed by atoms with Gasteiger partial charge >= 0.3 is 0 Å². The lowest BCUT2D eigenvalue weighted by Gasteiger charge is -2.16. The predicted octanol–water partition coefficient (Wildman–Crippen LogP) is 5.33. The Kier molecular flexibility index (Phi) is 6.49. The molecule has 1 aliphatic heterocycles. The van der Waals surface area contributed by atoms with E-state index < -0.39 is 11.8 Å². The van der Waals surface area contributed by atoms with E-state index in [0.29, 0.717) is 22.0 Å². The van der Waals surface area contributed by atoms with Gasteiger partial charge in [-0.05, 0) is 42.3 Å². The fourth-order valence-electron chi connectivity index (χ4n) is 3.35. The Hall–Kier alpha value is -3.61. The molecule has 4 rings (SSSR count). The molecule has 3 amide bonds. The van der Waals surface area contributed by atoms with Gasteiger partial charge in [-0.1, -0.05) is 71.7 Å². The van der Waals surface area contributed by atoms with Crippen LogP contribution in [0, 0.1) is 6.92 Å². The van der Waals surface area contributed by atoms with Crippen molar-refractivity contribution in [3.05, 3.63) is 105 Å². The number of hydrogen-bond acceptors (Lipinski definition) is 4. The molecule has 3 aromatic rings. The third-order valence-corrected chi connectivity index (χ3v) is 5.86. The first-order valence-electron chi connectivity index (χ1n) is 10.1. The molecule has 0 radical (unpaired) electrons. The topological polar surface area (TPSA) is 78.5 Å². The van der Waals surface area contributed by atoms with Gasteiger partial charge in [0.15, 0.2) is 0 Å². The van der Waals surface area contributed by atoms with Crippen LogP contribution in [0.25, 0.3) is 0 Å². The quantitative estimate of drug-likeness (QED) is 0.468. The SMILES string of the molecule is Cc1ccc(C(=O)Nc2ccccc2Cl)cc1NC1=C(Cl)C(=O)N(Cc2ccccc2)C1=O. The molecule has 0 spiro atoms. The zero-order valence-corrected chi connectivity index (χ0v) is 19.1. The van der Waals surface area contributed by atoms with E-state index in [0.717, 1.165) is 16.0 Å². The molecule has 0 aromatic heterocycles. The van der Waals surface area contributed by atoms with Crippen LogP contribution in [0.2, 0.25) is 5.02 Å². The number of imide groups is 1. The minimum atomic E-state index is -0.571. The van der Waals surface area contributed by atoms with E-state index in [1.807, 2.05) is 37.3 Å². The van der Waals surface area contributed by atoms with Crippen LogP contribution in [0.15, 0.2) is 83.5 Å². The molecule has 6 nitrogen and oxygen atoms in total. The van der Waals surface area contributed by atoms with Gasteiger partial charge in [0.1, 0.15) is 10.7 Å². The number of benzene rings is 3. The molecule has 0 unspecified atom stereocenters. The van der Waals surface area contributed by atoms with Gasteiger partial charge in [-0.2, -0.15) is 0 Å². The summed E-state index contributed by atoms with van der Waals surface area (Å²) in [6.07, 6.45) is 0. The molecule has 0 aliphatic carbocycles. The zero-order chi connectivity index (χ0) is 23.5. The van der Waals surface area contributed by atoms with Crippen LogP contribution in [0.4, 0.5) is 11.4 Å². The summed E-state index contributed by atoms with van der Waals surface area (Å²) >= 11 is 12.3. The lowest BCUT2D eigenvalue weighted by atomic mass is 10.1. The van der Waals surface area contributed by atoms with Gasteiger partial charge in [-0.25, -0.2) is 0 Å². The highest BCUT2D eigenvalue weighted by Crippen LogP contribution is 2.29. The fourth-order valence-corrected chi connectivity index (χ4v) is 3.77. The second kappa shape index (κ2) is 9.48. The van der Waals surface area contributed by atoms with Gasteiger partial charge in [0.25, 0.3) is 17.7 Å². The van der Waals surface area contributed by atoms with E-state index in [4.69, 9.17) is 23.2 Å². The second-order valence-electron chi connectivity index (χ2n) is 7.46. The van der Waals surface area contributed by atoms with Crippen molar-refractivity contribution >= 4 is 52.3 Å². The largest absolute Gasteiger partial charge is 0.349 e. The Labute approximate surface area is 200 Å². The second-order valence-corrected chi connectivity index (χ2v) is 8.24. The minimum Gasteiger partial charge on any atom is -0.349 e. The average molecular weight is 480 g/mol. The molecule has 0 bridgehead atoms. The molecule has 2 N–H and O–H groups in total. The highest BCUT2D eigenvalue weighted by molar-refractivity contribution is 6.48. The van der Waals surface area contributed by atoms with Crippen LogP contribution in [-0.2, 0) is 16.1 Å². The van der Waals surface area contributed by atoms with Crippen molar-refractivity contribution in [1.29, 1.82) is 0 Å². The number of halogens is 2. The summed E-state index contributed by atoms with van der Waals surface area (Å²) in [4.78, 5) is 39.4. The van der Waals surface area contributed by atoms with Crippen molar-refractivity contribution < 1.29 is 14.4 Å². The zero-order valence-electron chi connectivity index (χ0n) is 17.6. The summed E-state index contributed by atoms with van der Waals surface area (Å²) in [5.41, 5.74) is 2.86. The first-order chi connectivity index (χ1) is 15.8. The number of hydrogen-bond donors (Lipinski definition) is 2. The smallest absolute Gasteiger partial charge is 0.279 e. The Morgan fingerprint density at radius 2 is 1.58 bits per heavy atom. The molecule has 33 heavy (non-hydrogen) atoms. The normalized spacial score (nSPS) is 13.5. The highest BCUT2D eigenvalue weighted by atomic mass is 35.5. The number of nitrogens with zero attached hydrogens (tertiary/aromatic N) is 1. The van der Waals surface area contributed by atoms with E-state index >= 15 is 0 Å². The Morgan fingerprint density at radius 1 is 0.879 bits per heavy atom. The molecule has 166 valence electrons. The number of anilines is 2. The minimum absolute atomic E-state index is 0.0237. The molecule has 1 aliphatic rings. The number of carbonyl (C=O) groups excluding carboxylic acids is 3. The van der Waals surface area contributed by atoms with Gasteiger partial charge < -0.3 is 10.6 Å². The fraction of sp³-hybridized carbons (Fsp3) is 0.0800. The standard InChI is InChI=1S/C25H19Cl2N3O3/c1-15-11-12-17(23(31)29-19-10-6-5-9-18(19)26)13-20(15)28-22-21(27)24(32)30(25(22)33)14-16-7-3-2-4-8-16/h2-13,28H,14H2,1H3,(H,29,31). The van der Waals surface area contributed by atoms with Crippen molar-refractivity contribution in [1.82, 2.24) is 4.90 Å². The summed E-state index contributed by atoms with van der Waals surface area (Å²) < 4.78 is 0. The van der Waals surface area contributed by atoms with Gasteiger partial charge in [0.05, 0.1) is 17.3 Å². The van der Waals surface area contributed by atoms with E-state index in [9.17, 15) is 14.4 Å². The van der Waals surface area contributed by atoms with Crippen LogP contribution < -0.4 is 10.6 Å². The molecule has 0 fully saturated rings. The van der Waals surface area contributed by atoms with Gasteiger partial charge in [-0.3, -0.25) is 19.3 Å². The van der Waals surface area contributed by atoms with Gasteiger partial charge in [0, 0.05) is 11.3 Å². The number of nitrogens with one attached hydrogen (secondary N) is 2. The summed E-state index contributed by atoms with van der Waals surface area (Å²) in [5.74, 6) is -1.47. The van der Waals surface area contributed by atoms with Crippen molar-refractivity contribution in [3.8, 4) is 0 Å². The number of rotatable bonds is 6. The van der Waals surface area contributed by atoms with Crippen LogP contribution in [-0.4, -0.2) is 22.6 Å². The molecule has 8 heteroatoms. The molecule has 0 saturated carbocycles. The number of aryl methyl sites for hydroxylation is 1. The molecular weight excluding hydrogens is 461 g/mol.